The van der Waals surface area contributed by atoms with Crippen molar-refractivity contribution in [3.63, 3.8) is 0 Å². The van der Waals surface area contributed by atoms with Crippen molar-refractivity contribution in [1.82, 2.24) is 0 Å². The minimum Gasteiger partial charge on any atom is -0.478 e. The Labute approximate surface area is 141 Å². The van der Waals surface area contributed by atoms with Crippen LogP contribution in [0.3, 0.4) is 0 Å². The number of methoxy groups -OCH3 is 1. The molecular weight excluding hydrogens is 366 g/mol. The Morgan fingerprint density at radius 2 is 2.13 bits per heavy atom. The number of carboxylic acid groups (broad SMARTS) is 1. The van der Waals surface area contributed by atoms with Crippen LogP contribution in [0.25, 0.3) is 0 Å². The summed E-state index contributed by atoms with van der Waals surface area (Å²) in [6.07, 6.45) is 0.390. The van der Waals surface area contributed by atoms with Crippen molar-refractivity contribution >= 4 is 33.5 Å². The average molecular weight is 382 g/mol. The lowest BCUT2D eigenvalue weighted by atomic mass is 10.2. The molecule has 7 heteroatoms. The van der Waals surface area contributed by atoms with Gasteiger partial charge in [-0.25, -0.2) is 4.79 Å². The second-order valence-electron chi connectivity index (χ2n) is 4.76. The van der Waals surface area contributed by atoms with Crippen molar-refractivity contribution in [1.29, 1.82) is 0 Å². The summed E-state index contributed by atoms with van der Waals surface area (Å²) in [6, 6.07) is 6.60. The Kier molecular flexibility index (Phi) is 5.57. The SMILES string of the molecule is CCc1oc(C(=O)Nc2cccc(Br)c2COC)cc1C(=O)O. The van der Waals surface area contributed by atoms with Crippen LogP contribution in [0.2, 0.25) is 0 Å². The fraction of sp³-hybridized carbons (Fsp3) is 0.250. The van der Waals surface area contributed by atoms with Gasteiger partial charge in [0, 0.05) is 35.3 Å². The Morgan fingerprint density at radius 3 is 2.70 bits per heavy atom. The maximum absolute atomic E-state index is 12.3. The fourth-order valence-corrected chi connectivity index (χ4v) is 2.62. The number of amides is 1. The number of hydrogen-bond acceptors (Lipinski definition) is 4. The van der Waals surface area contributed by atoms with Crippen molar-refractivity contribution in [2.24, 2.45) is 0 Å². The highest BCUT2D eigenvalue weighted by molar-refractivity contribution is 9.10. The van der Waals surface area contributed by atoms with Gasteiger partial charge in [0.1, 0.15) is 11.3 Å². The lowest BCUT2D eigenvalue weighted by Gasteiger charge is -2.11. The van der Waals surface area contributed by atoms with E-state index in [4.69, 9.17) is 14.3 Å². The lowest BCUT2D eigenvalue weighted by molar-refractivity contribution is 0.0694. The maximum Gasteiger partial charge on any atom is 0.339 e. The van der Waals surface area contributed by atoms with E-state index >= 15 is 0 Å². The van der Waals surface area contributed by atoms with Crippen molar-refractivity contribution < 1.29 is 23.8 Å². The third-order valence-corrected chi connectivity index (χ3v) is 3.98. The molecule has 1 heterocycles. The number of carbonyl (C=O) groups is 2. The molecule has 122 valence electrons. The van der Waals surface area contributed by atoms with Crippen LogP contribution in [0.4, 0.5) is 5.69 Å². The molecule has 1 aromatic heterocycles. The quantitative estimate of drug-likeness (QED) is 0.795. The van der Waals surface area contributed by atoms with Gasteiger partial charge in [0.2, 0.25) is 0 Å². The van der Waals surface area contributed by atoms with Crippen molar-refractivity contribution in [2.45, 2.75) is 20.0 Å². The summed E-state index contributed by atoms with van der Waals surface area (Å²) < 4.78 is 11.3. The van der Waals surface area contributed by atoms with Gasteiger partial charge in [0.15, 0.2) is 5.76 Å². The van der Waals surface area contributed by atoms with Crippen LogP contribution >= 0.6 is 15.9 Å². The van der Waals surface area contributed by atoms with E-state index in [0.717, 1.165) is 10.0 Å². The first kappa shape index (κ1) is 17.2. The number of nitrogens with one attached hydrogen (secondary N) is 1. The maximum atomic E-state index is 12.3. The van der Waals surface area contributed by atoms with E-state index in [2.05, 4.69) is 21.2 Å². The standard InChI is InChI=1S/C16H16BrNO5/c1-3-13-9(16(20)21)7-14(23-13)15(19)18-12-6-4-5-11(17)10(12)8-22-2/h4-7H,3,8H2,1-2H3,(H,18,19)(H,20,21). The Balaban J connectivity index is 2.30. The molecule has 1 aromatic carbocycles. The predicted molar refractivity (Wildman–Crippen MR) is 87.9 cm³/mol. The van der Waals surface area contributed by atoms with E-state index in [1.807, 2.05) is 6.07 Å². The highest BCUT2D eigenvalue weighted by Gasteiger charge is 2.21. The first-order valence-corrected chi connectivity index (χ1v) is 7.70. The molecule has 1 amide bonds. The largest absolute Gasteiger partial charge is 0.478 e. The van der Waals surface area contributed by atoms with Gasteiger partial charge in [0.25, 0.3) is 5.91 Å². The number of benzene rings is 1. The summed E-state index contributed by atoms with van der Waals surface area (Å²) in [6.45, 7) is 2.08. The Hall–Kier alpha value is -2.12. The molecule has 0 radical (unpaired) electrons. The number of halogens is 1. The number of carbonyl (C=O) groups excluding carboxylic acids is 1. The minimum absolute atomic E-state index is 0.00371. The number of furan rings is 1. The summed E-state index contributed by atoms with van der Waals surface area (Å²) in [5.74, 6) is -1.40. The van der Waals surface area contributed by atoms with E-state index in [1.165, 1.54) is 6.07 Å². The number of ether oxygens (including phenoxy) is 1. The molecule has 0 spiro atoms. The van der Waals surface area contributed by atoms with Crippen molar-refractivity contribution in [2.75, 3.05) is 12.4 Å². The number of hydrogen-bond donors (Lipinski definition) is 2. The molecule has 0 aliphatic heterocycles. The zero-order chi connectivity index (χ0) is 17.0. The summed E-state index contributed by atoms with van der Waals surface area (Å²) in [4.78, 5) is 23.5. The molecule has 2 rings (SSSR count). The first-order valence-electron chi connectivity index (χ1n) is 6.91. The van der Waals surface area contributed by atoms with Crippen LogP contribution in [-0.2, 0) is 17.8 Å². The highest BCUT2D eigenvalue weighted by atomic mass is 79.9. The summed E-state index contributed by atoms with van der Waals surface area (Å²) in [5.41, 5.74) is 1.35. The van der Waals surface area contributed by atoms with E-state index < -0.39 is 11.9 Å². The topological polar surface area (TPSA) is 88.8 Å². The molecule has 0 bridgehead atoms. The Bertz CT molecular complexity index is 738. The molecule has 6 nitrogen and oxygen atoms in total. The zero-order valence-corrected chi connectivity index (χ0v) is 14.3. The monoisotopic (exact) mass is 381 g/mol. The van der Waals surface area contributed by atoms with Crippen molar-refractivity contribution in [3.05, 3.63) is 51.4 Å². The molecule has 0 saturated heterocycles. The molecule has 0 saturated carbocycles. The molecule has 0 unspecified atom stereocenters. The van der Waals surface area contributed by atoms with Gasteiger partial charge in [-0.15, -0.1) is 0 Å². The lowest BCUT2D eigenvalue weighted by Crippen LogP contribution is -2.13. The molecule has 23 heavy (non-hydrogen) atoms. The normalized spacial score (nSPS) is 10.6. The van der Waals surface area contributed by atoms with Gasteiger partial charge in [-0.3, -0.25) is 4.79 Å². The van der Waals surface area contributed by atoms with E-state index in [1.54, 1.807) is 26.2 Å². The van der Waals surface area contributed by atoms with Crippen LogP contribution in [0, 0.1) is 0 Å². The first-order chi connectivity index (χ1) is 11.0. The number of aryl methyl sites for hydroxylation is 1. The number of carboxylic acids is 1. The molecule has 0 atom stereocenters. The summed E-state index contributed by atoms with van der Waals surface area (Å²) >= 11 is 3.41. The van der Waals surface area contributed by atoms with Gasteiger partial charge in [0.05, 0.1) is 6.61 Å². The molecular formula is C16H16BrNO5. The highest BCUT2D eigenvalue weighted by Crippen LogP contribution is 2.26. The van der Waals surface area contributed by atoms with Gasteiger partial charge in [-0.05, 0) is 12.1 Å². The summed E-state index contributed by atoms with van der Waals surface area (Å²) in [5, 5.41) is 11.8. The summed E-state index contributed by atoms with van der Waals surface area (Å²) in [7, 11) is 1.56. The fourth-order valence-electron chi connectivity index (χ4n) is 2.13. The van der Waals surface area contributed by atoms with Crippen LogP contribution in [0.15, 0.2) is 33.2 Å². The van der Waals surface area contributed by atoms with Gasteiger partial charge in [-0.2, -0.15) is 0 Å². The smallest absolute Gasteiger partial charge is 0.339 e. The minimum atomic E-state index is -1.12. The van der Waals surface area contributed by atoms with E-state index in [9.17, 15) is 9.59 Å². The molecule has 2 aromatic rings. The molecule has 0 fully saturated rings. The van der Waals surface area contributed by atoms with Gasteiger partial charge < -0.3 is 19.6 Å². The third kappa shape index (κ3) is 3.80. The number of aromatic carboxylic acids is 1. The van der Waals surface area contributed by atoms with Crippen LogP contribution < -0.4 is 5.32 Å². The van der Waals surface area contributed by atoms with E-state index in [0.29, 0.717) is 18.7 Å². The van der Waals surface area contributed by atoms with Gasteiger partial charge in [-0.1, -0.05) is 28.9 Å². The second kappa shape index (κ2) is 7.43. The molecule has 0 aliphatic carbocycles. The molecule has 0 aliphatic rings. The zero-order valence-electron chi connectivity index (χ0n) is 12.7. The van der Waals surface area contributed by atoms with Crippen LogP contribution in [0.5, 0.6) is 0 Å². The predicted octanol–water partition coefficient (Wildman–Crippen LogP) is 3.70. The van der Waals surface area contributed by atoms with Gasteiger partial charge >= 0.3 is 5.97 Å². The number of anilines is 1. The Morgan fingerprint density at radius 1 is 1.39 bits per heavy atom. The van der Waals surface area contributed by atoms with Crippen molar-refractivity contribution in [3.8, 4) is 0 Å². The molecule has 2 N–H and O–H groups in total. The third-order valence-electron chi connectivity index (χ3n) is 3.24. The van der Waals surface area contributed by atoms with Crippen LogP contribution in [-0.4, -0.2) is 24.1 Å². The van der Waals surface area contributed by atoms with E-state index in [-0.39, 0.29) is 17.1 Å². The van der Waals surface area contributed by atoms with Crippen LogP contribution in [0.1, 0.15) is 39.2 Å². The average Bonchev–Trinajstić information content (AvgIpc) is 2.95. The number of rotatable bonds is 6. The second-order valence-corrected chi connectivity index (χ2v) is 5.61.